The highest BCUT2D eigenvalue weighted by atomic mass is 32.2. The van der Waals surface area contributed by atoms with Crippen LogP contribution in [0.25, 0.3) is 0 Å². The van der Waals surface area contributed by atoms with Crippen LogP contribution in [0.2, 0.25) is 0 Å². The van der Waals surface area contributed by atoms with Crippen molar-refractivity contribution in [1.29, 1.82) is 0 Å². The Kier molecular flexibility index (Phi) is 3.86. The van der Waals surface area contributed by atoms with Crippen molar-refractivity contribution in [2.24, 2.45) is 5.73 Å². The van der Waals surface area contributed by atoms with Gasteiger partial charge in [0.25, 0.3) is 0 Å². The fourth-order valence-corrected chi connectivity index (χ4v) is 2.73. The minimum absolute atomic E-state index is 0.0441. The summed E-state index contributed by atoms with van der Waals surface area (Å²) in [6.07, 6.45) is 0. The quantitative estimate of drug-likeness (QED) is 0.906. The monoisotopic (exact) mass is 269 g/mol. The first-order valence-electron chi connectivity index (χ1n) is 5.70. The van der Waals surface area contributed by atoms with Crippen LogP contribution in [0, 0.1) is 0 Å². The zero-order valence-electron chi connectivity index (χ0n) is 11.1. The molecule has 0 radical (unpaired) electrons. The highest BCUT2D eigenvalue weighted by Crippen LogP contribution is 2.24. The van der Waals surface area contributed by atoms with Crippen molar-refractivity contribution in [2.75, 3.05) is 0 Å². The fourth-order valence-electron chi connectivity index (χ4n) is 1.50. The number of nitrogens with two attached hydrogens (primary N) is 1. The molecule has 1 unspecified atom stereocenters. The lowest BCUT2D eigenvalue weighted by Crippen LogP contribution is -2.33. The average molecular weight is 269 g/mol. The molecule has 0 aliphatic carbocycles. The Hall–Kier alpha value is -1.36. The maximum atomic E-state index is 12.0. The highest BCUT2D eigenvalue weighted by Gasteiger charge is 2.28. The Morgan fingerprint density at radius 3 is 1.94 bits per heavy atom. The zero-order valence-corrected chi connectivity index (χ0v) is 11.9. The summed E-state index contributed by atoms with van der Waals surface area (Å²) in [4.78, 5) is 11.1. The molecule has 0 aliphatic rings. The molecule has 18 heavy (non-hydrogen) atoms. The second kappa shape index (κ2) is 4.72. The van der Waals surface area contributed by atoms with E-state index in [4.69, 9.17) is 5.73 Å². The normalized spacial score (nSPS) is 14.2. The summed E-state index contributed by atoms with van der Waals surface area (Å²) >= 11 is 0. The van der Waals surface area contributed by atoms with Crippen LogP contribution in [-0.2, 0) is 20.0 Å². The Labute approximate surface area is 108 Å². The number of sulfone groups is 1. The Morgan fingerprint density at radius 2 is 1.61 bits per heavy atom. The predicted molar refractivity (Wildman–Crippen MR) is 71.0 cm³/mol. The molecule has 1 aromatic carbocycles. The summed E-state index contributed by atoms with van der Waals surface area (Å²) < 4.78 is 24.1. The number of amides is 1. The van der Waals surface area contributed by atoms with Gasteiger partial charge in [-0.2, -0.15) is 0 Å². The zero-order chi connectivity index (χ0) is 14.1. The molecule has 0 saturated carbocycles. The summed E-state index contributed by atoms with van der Waals surface area (Å²) in [7, 11) is -3.68. The maximum absolute atomic E-state index is 12.0. The molecule has 0 bridgehead atoms. The Balaban J connectivity index is 3.17. The number of primary amides is 1. The standard InChI is InChI=1S/C13H19NO3S/c1-9(12(14)15)18(16,17)11-7-5-10(6-8-11)13(2,3)4/h5-9H,1-4H3,(H2,14,15). The molecule has 1 atom stereocenters. The third-order valence-corrected chi connectivity index (χ3v) is 5.01. The number of rotatable bonds is 3. The van der Waals surface area contributed by atoms with E-state index < -0.39 is 21.0 Å². The third kappa shape index (κ3) is 2.90. The second-order valence-electron chi connectivity index (χ2n) is 5.36. The van der Waals surface area contributed by atoms with Crippen molar-refractivity contribution in [3.8, 4) is 0 Å². The van der Waals surface area contributed by atoms with Gasteiger partial charge >= 0.3 is 0 Å². The SMILES string of the molecule is CC(C(N)=O)S(=O)(=O)c1ccc(C(C)(C)C)cc1. The minimum atomic E-state index is -3.68. The van der Waals surface area contributed by atoms with Gasteiger partial charge in [-0.05, 0) is 30.0 Å². The van der Waals surface area contributed by atoms with Crippen LogP contribution in [0.15, 0.2) is 29.2 Å². The summed E-state index contributed by atoms with van der Waals surface area (Å²) in [6.45, 7) is 7.43. The fraction of sp³-hybridized carbons (Fsp3) is 0.462. The van der Waals surface area contributed by atoms with Gasteiger partial charge in [0.1, 0.15) is 5.25 Å². The summed E-state index contributed by atoms with van der Waals surface area (Å²) in [6, 6.07) is 6.58. The molecule has 1 aromatic rings. The van der Waals surface area contributed by atoms with E-state index in [1.54, 1.807) is 12.1 Å². The van der Waals surface area contributed by atoms with Gasteiger partial charge in [0.05, 0.1) is 4.90 Å². The van der Waals surface area contributed by atoms with Gasteiger partial charge in [-0.15, -0.1) is 0 Å². The predicted octanol–water partition coefficient (Wildman–Crippen LogP) is 1.63. The van der Waals surface area contributed by atoms with E-state index in [1.807, 2.05) is 20.8 Å². The van der Waals surface area contributed by atoms with E-state index in [2.05, 4.69) is 0 Å². The van der Waals surface area contributed by atoms with Gasteiger partial charge in [-0.3, -0.25) is 4.79 Å². The van der Waals surface area contributed by atoms with Crippen LogP contribution in [0.5, 0.6) is 0 Å². The molecule has 0 heterocycles. The Morgan fingerprint density at radius 1 is 1.17 bits per heavy atom. The molecule has 0 spiro atoms. The van der Waals surface area contributed by atoms with Gasteiger partial charge in [-0.1, -0.05) is 32.9 Å². The van der Waals surface area contributed by atoms with Crippen LogP contribution in [0.4, 0.5) is 0 Å². The molecule has 0 aliphatic heterocycles. The second-order valence-corrected chi connectivity index (χ2v) is 7.63. The van der Waals surface area contributed by atoms with Crippen LogP contribution < -0.4 is 5.73 Å². The lowest BCUT2D eigenvalue weighted by molar-refractivity contribution is -0.117. The average Bonchev–Trinajstić information content (AvgIpc) is 2.26. The first-order chi connectivity index (χ1) is 8.06. The van der Waals surface area contributed by atoms with E-state index in [0.717, 1.165) is 5.56 Å². The van der Waals surface area contributed by atoms with Crippen molar-refractivity contribution in [1.82, 2.24) is 0 Å². The number of hydrogen-bond donors (Lipinski definition) is 1. The van der Waals surface area contributed by atoms with Gasteiger partial charge < -0.3 is 5.73 Å². The summed E-state index contributed by atoms with van der Waals surface area (Å²) in [5.74, 6) is -0.838. The van der Waals surface area contributed by atoms with Crippen LogP contribution in [0.1, 0.15) is 33.3 Å². The molecule has 0 saturated heterocycles. The highest BCUT2D eigenvalue weighted by molar-refractivity contribution is 7.92. The van der Waals surface area contributed by atoms with Crippen LogP contribution in [-0.4, -0.2) is 19.6 Å². The van der Waals surface area contributed by atoms with Gasteiger partial charge in [0, 0.05) is 0 Å². The molecule has 4 nitrogen and oxygen atoms in total. The maximum Gasteiger partial charge on any atom is 0.235 e. The lowest BCUT2D eigenvalue weighted by atomic mass is 9.87. The summed E-state index contributed by atoms with van der Waals surface area (Å²) in [5, 5.41) is -1.21. The topological polar surface area (TPSA) is 77.2 Å². The number of carbonyl (C=O) groups excluding carboxylic acids is 1. The molecule has 0 fully saturated rings. The number of hydrogen-bond acceptors (Lipinski definition) is 3. The first-order valence-corrected chi connectivity index (χ1v) is 7.25. The molecule has 0 aromatic heterocycles. The minimum Gasteiger partial charge on any atom is -0.369 e. The lowest BCUT2D eigenvalue weighted by Gasteiger charge is -2.19. The van der Waals surface area contributed by atoms with E-state index in [0.29, 0.717) is 0 Å². The van der Waals surface area contributed by atoms with E-state index in [-0.39, 0.29) is 10.3 Å². The van der Waals surface area contributed by atoms with Gasteiger partial charge in [-0.25, -0.2) is 8.42 Å². The third-order valence-electron chi connectivity index (χ3n) is 2.91. The van der Waals surface area contributed by atoms with E-state index in [1.165, 1.54) is 19.1 Å². The largest absolute Gasteiger partial charge is 0.369 e. The summed E-state index contributed by atoms with van der Waals surface area (Å²) in [5.41, 5.74) is 6.03. The van der Waals surface area contributed by atoms with Crippen molar-refractivity contribution in [3.05, 3.63) is 29.8 Å². The Bertz CT molecular complexity index is 539. The van der Waals surface area contributed by atoms with Crippen molar-refractivity contribution < 1.29 is 13.2 Å². The molecule has 100 valence electrons. The smallest absolute Gasteiger partial charge is 0.235 e. The van der Waals surface area contributed by atoms with Crippen molar-refractivity contribution in [3.63, 3.8) is 0 Å². The van der Waals surface area contributed by atoms with Crippen molar-refractivity contribution in [2.45, 2.75) is 43.3 Å². The number of carbonyl (C=O) groups is 1. The molecular weight excluding hydrogens is 250 g/mol. The molecular formula is C13H19NO3S. The number of benzene rings is 1. The van der Waals surface area contributed by atoms with Gasteiger partial charge in [0.15, 0.2) is 9.84 Å². The van der Waals surface area contributed by atoms with Gasteiger partial charge in [0.2, 0.25) is 5.91 Å². The first kappa shape index (κ1) is 14.7. The molecule has 5 heteroatoms. The molecule has 2 N–H and O–H groups in total. The van der Waals surface area contributed by atoms with E-state index in [9.17, 15) is 13.2 Å². The van der Waals surface area contributed by atoms with Crippen LogP contribution in [0.3, 0.4) is 0 Å². The van der Waals surface area contributed by atoms with Crippen molar-refractivity contribution >= 4 is 15.7 Å². The van der Waals surface area contributed by atoms with Crippen LogP contribution >= 0.6 is 0 Å². The van der Waals surface area contributed by atoms with E-state index >= 15 is 0 Å². The molecule has 1 rings (SSSR count). The molecule has 1 amide bonds.